The lowest BCUT2D eigenvalue weighted by atomic mass is 10.1. The zero-order valence-electron chi connectivity index (χ0n) is 10.3. The summed E-state index contributed by atoms with van der Waals surface area (Å²) in [5.74, 6) is -0.0348. The molecule has 0 unspecified atom stereocenters. The number of rotatable bonds is 3. The van der Waals surface area contributed by atoms with E-state index in [-0.39, 0.29) is 23.0 Å². The first-order valence-electron chi connectivity index (χ1n) is 5.36. The number of hydrogen-bond acceptors (Lipinski definition) is 6. The van der Waals surface area contributed by atoms with Crippen molar-refractivity contribution in [3.05, 3.63) is 24.0 Å². The minimum Gasteiger partial charge on any atom is -0.504 e. The van der Waals surface area contributed by atoms with Crippen molar-refractivity contribution in [2.45, 2.75) is 19.4 Å². The quantitative estimate of drug-likeness (QED) is 0.810. The Morgan fingerprint density at radius 2 is 2.00 bits per heavy atom. The molecule has 0 saturated carbocycles. The fourth-order valence-electron chi connectivity index (χ4n) is 1.37. The Hall–Kier alpha value is -2.08. The smallest absolute Gasteiger partial charge is 0.261 e. The molecule has 1 heterocycles. The van der Waals surface area contributed by atoms with Gasteiger partial charge in [0, 0.05) is 7.11 Å². The summed E-state index contributed by atoms with van der Waals surface area (Å²) >= 11 is 0. The zero-order chi connectivity index (χ0) is 13.3. The van der Waals surface area contributed by atoms with Crippen LogP contribution in [0.2, 0.25) is 0 Å². The summed E-state index contributed by atoms with van der Waals surface area (Å²) in [5.41, 5.74) is -0.408. The lowest BCUT2D eigenvalue weighted by molar-refractivity contribution is 0.00973. The molecule has 2 N–H and O–H groups in total. The Morgan fingerprint density at radius 1 is 1.28 bits per heavy atom. The molecule has 0 aliphatic carbocycles. The standard InChI is InChI=1S/C12H14N2O4/c1-12(2,17-3)11-13-10(18-14-11)7-5-4-6-8(15)9(7)16/h4-6,15-16H,1-3H3. The topological polar surface area (TPSA) is 88.6 Å². The van der Waals surface area contributed by atoms with Gasteiger partial charge in [0.05, 0.1) is 5.56 Å². The molecule has 1 aromatic carbocycles. The zero-order valence-corrected chi connectivity index (χ0v) is 10.3. The van der Waals surface area contributed by atoms with E-state index in [9.17, 15) is 10.2 Å². The minimum absolute atomic E-state index is 0.128. The SMILES string of the molecule is COC(C)(C)c1noc(-c2cccc(O)c2O)n1. The first-order chi connectivity index (χ1) is 8.45. The molecular formula is C12H14N2O4. The van der Waals surface area contributed by atoms with Gasteiger partial charge in [-0.3, -0.25) is 0 Å². The number of nitrogens with zero attached hydrogens (tertiary/aromatic N) is 2. The molecule has 6 nitrogen and oxygen atoms in total. The van der Waals surface area contributed by atoms with E-state index < -0.39 is 5.60 Å². The molecule has 0 radical (unpaired) electrons. The summed E-state index contributed by atoms with van der Waals surface area (Å²) in [7, 11) is 1.54. The minimum atomic E-state index is -0.686. The summed E-state index contributed by atoms with van der Waals surface area (Å²) in [6, 6.07) is 4.52. The van der Waals surface area contributed by atoms with Crippen molar-refractivity contribution in [2.24, 2.45) is 0 Å². The first kappa shape index (κ1) is 12.4. The van der Waals surface area contributed by atoms with Gasteiger partial charge in [0.15, 0.2) is 11.5 Å². The predicted molar refractivity (Wildman–Crippen MR) is 63.1 cm³/mol. The van der Waals surface area contributed by atoms with Crippen LogP contribution in [0.5, 0.6) is 11.5 Å². The van der Waals surface area contributed by atoms with Gasteiger partial charge in [-0.1, -0.05) is 11.2 Å². The average Bonchev–Trinajstić information content (AvgIpc) is 2.82. The first-order valence-corrected chi connectivity index (χ1v) is 5.36. The summed E-state index contributed by atoms with van der Waals surface area (Å²) < 4.78 is 10.3. The van der Waals surface area contributed by atoms with Crippen LogP contribution < -0.4 is 0 Å². The van der Waals surface area contributed by atoms with Crippen LogP contribution in [-0.4, -0.2) is 27.5 Å². The number of ether oxygens (including phenoxy) is 1. The van der Waals surface area contributed by atoms with Gasteiger partial charge in [0.25, 0.3) is 5.89 Å². The number of para-hydroxylation sites is 1. The van der Waals surface area contributed by atoms with Gasteiger partial charge in [0.1, 0.15) is 5.60 Å². The Labute approximate surface area is 104 Å². The second-order valence-corrected chi connectivity index (χ2v) is 4.31. The predicted octanol–water partition coefficient (Wildman–Crippen LogP) is 2.03. The Balaban J connectivity index is 2.45. The van der Waals surface area contributed by atoms with Crippen molar-refractivity contribution >= 4 is 0 Å². The summed E-state index contributed by atoms with van der Waals surface area (Å²) in [4.78, 5) is 4.15. The maximum absolute atomic E-state index is 9.71. The third-order valence-electron chi connectivity index (χ3n) is 2.72. The number of phenolic OH excluding ortho intramolecular Hbond substituents is 2. The lowest BCUT2D eigenvalue weighted by Crippen LogP contribution is -2.21. The number of hydrogen-bond donors (Lipinski definition) is 2. The normalized spacial score (nSPS) is 11.7. The van der Waals surface area contributed by atoms with Gasteiger partial charge < -0.3 is 19.5 Å². The van der Waals surface area contributed by atoms with Gasteiger partial charge >= 0.3 is 0 Å². The third-order valence-corrected chi connectivity index (χ3v) is 2.72. The second-order valence-electron chi connectivity index (χ2n) is 4.31. The summed E-state index contributed by atoms with van der Waals surface area (Å²) in [5, 5.41) is 22.9. The van der Waals surface area contributed by atoms with Crippen molar-refractivity contribution in [2.75, 3.05) is 7.11 Å². The Kier molecular flexibility index (Phi) is 2.96. The van der Waals surface area contributed by atoms with Crippen molar-refractivity contribution in [1.29, 1.82) is 0 Å². The second kappa shape index (κ2) is 4.30. The van der Waals surface area contributed by atoms with Crippen LogP contribution in [0, 0.1) is 0 Å². The van der Waals surface area contributed by atoms with Gasteiger partial charge in [0.2, 0.25) is 5.82 Å². The number of benzene rings is 1. The Bertz CT molecular complexity index is 563. The molecule has 1 aromatic heterocycles. The van der Waals surface area contributed by atoms with Gasteiger partial charge in [-0.2, -0.15) is 4.98 Å². The largest absolute Gasteiger partial charge is 0.504 e. The molecule has 0 saturated heterocycles. The fourth-order valence-corrected chi connectivity index (χ4v) is 1.37. The molecule has 0 spiro atoms. The van der Waals surface area contributed by atoms with E-state index in [1.54, 1.807) is 33.1 Å². The third kappa shape index (κ3) is 2.02. The van der Waals surface area contributed by atoms with Crippen LogP contribution in [0.1, 0.15) is 19.7 Å². The van der Waals surface area contributed by atoms with E-state index in [1.165, 1.54) is 6.07 Å². The van der Waals surface area contributed by atoms with E-state index in [0.717, 1.165) is 0 Å². The van der Waals surface area contributed by atoms with Gasteiger partial charge in [-0.05, 0) is 26.0 Å². The van der Waals surface area contributed by atoms with E-state index in [4.69, 9.17) is 9.26 Å². The highest BCUT2D eigenvalue weighted by Gasteiger charge is 2.27. The molecular weight excluding hydrogens is 236 g/mol. The number of aromatic hydroxyl groups is 2. The molecule has 2 rings (SSSR count). The van der Waals surface area contributed by atoms with E-state index in [0.29, 0.717) is 5.82 Å². The van der Waals surface area contributed by atoms with Crippen LogP contribution in [0.4, 0.5) is 0 Å². The van der Waals surface area contributed by atoms with Crippen LogP contribution >= 0.6 is 0 Å². The van der Waals surface area contributed by atoms with E-state index in [2.05, 4.69) is 10.1 Å². The van der Waals surface area contributed by atoms with Crippen LogP contribution in [0.3, 0.4) is 0 Å². The van der Waals surface area contributed by atoms with Crippen molar-refractivity contribution in [3.63, 3.8) is 0 Å². The number of aromatic nitrogens is 2. The molecule has 0 bridgehead atoms. The Morgan fingerprint density at radius 3 is 2.67 bits per heavy atom. The molecule has 0 fully saturated rings. The van der Waals surface area contributed by atoms with Gasteiger partial charge in [-0.25, -0.2) is 0 Å². The van der Waals surface area contributed by atoms with Crippen molar-refractivity contribution in [1.82, 2.24) is 10.1 Å². The lowest BCUT2D eigenvalue weighted by Gasteiger charge is -2.17. The van der Waals surface area contributed by atoms with Crippen molar-refractivity contribution < 1.29 is 19.5 Å². The number of phenols is 2. The molecule has 0 aliphatic rings. The van der Waals surface area contributed by atoms with Crippen LogP contribution in [0.15, 0.2) is 22.7 Å². The average molecular weight is 250 g/mol. The van der Waals surface area contributed by atoms with Crippen LogP contribution in [-0.2, 0) is 10.3 Å². The van der Waals surface area contributed by atoms with Crippen molar-refractivity contribution in [3.8, 4) is 23.0 Å². The summed E-state index contributed by atoms with van der Waals surface area (Å²) in [6.07, 6.45) is 0. The molecule has 6 heteroatoms. The maximum atomic E-state index is 9.71. The fraction of sp³-hybridized carbons (Fsp3) is 0.333. The molecule has 2 aromatic rings. The van der Waals surface area contributed by atoms with Crippen LogP contribution in [0.25, 0.3) is 11.5 Å². The highest BCUT2D eigenvalue weighted by atomic mass is 16.5. The molecule has 0 aliphatic heterocycles. The molecule has 0 amide bonds. The van der Waals surface area contributed by atoms with E-state index >= 15 is 0 Å². The number of methoxy groups -OCH3 is 1. The molecule has 0 atom stereocenters. The monoisotopic (exact) mass is 250 g/mol. The van der Waals surface area contributed by atoms with E-state index in [1.807, 2.05) is 0 Å². The van der Waals surface area contributed by atoms with Gasteiger partial charge in [-0.15, -0.1) is 0 Å². The highest BCUT2D eigenvalue weighted by molar-refractivity contribution is 5.66. The molecule has 18 heavy (non-hydrogen) atoms. The summed E-state index contributed by atoms with van der Waals surface area (Å²) in [6.45, 7) is 3.59. The maximum Gasteiger partial charge on any atom is 0.261 e. The highest BCUT2D eigenvalue weighted by Crippen LogP contribution is 2.35. The molecule has 96 valence electrons.